The molecule has 0 aliphatic rings. The molecule has 0 bridgehead atoms. The van der Waals surface area contributed by atoms with E-state index in [-0.39, 0.29) is 0 Å². The van der Waals surface area contributed by atoms with Crippen molar-refractivity contribution in [2.24, 2.45) is 0 Å². The van der Waals surface area contributed by atoms with Crippen molar-refractivity contribution in [1.29, 1.82) is 0 Å². The first-order valence-corrected chi connectivity index (χ1v) is 12.7. The predicted molar refractivity (Wildman–Crippen MR) is 133 cm³/mol. The fourth-order valence-electron chi connectivity index (χ4n) is 4.57. The summed E-state index contributed by atoms with van der Waals surface area (Å²) in [6.45, 7) is 6.45. The lowest BCUT2D eigenvalue weighted by Gasteiger charge is -2.20. The molecule has 0 aliphatic heterocycles. The Balaban J connectivity index is 1.98. The van der Waals surface area contributed by atoms with Gasteiger partial charge >= 0.3 is 0 Å². The van der Waals surface area contributed by atoms with Gasteiger partial charge in [-0.05, 0) is 53.6 Å². The van der Waals surface area contributed by atoms with E-state index in [2.05, 4.69) is 45.0 Å². The van der Waals surface area contributed by atoms with Gasteiger partial charge in [0, 0.05) is 5.92 Å². The number of phenolic OH excluding ortho intramolecular Hbond substituents is 2. The smallest absolute Gasteiger partial charge is 0.118 e. The fourth-order valence-corrected chi connectivity index (χ4v) is 4.57. The van der Waals surface area contributed by atoms with Crippen LogP contribution in [0.2, 0.25) is 0 Å². The van der Waals surface area contributed by atoms with Gasteiger partial charge in [-0.25, -0.2) is 0 Å². The molecular formula is C29H44O2. The van der Waals surface area contributed by atoms with E-state index >= 15 is 0 Å². The predicted octanol–water partition coefficient (Wildman–Crippen LogP) is 8.67. The normalized spacial score (nSPS) is 11.4. The van der Waals surface area contributed by atoms with E-state index in [1.807, 2.05) is 12.1 Å². The van der Waals surface area contributed by atoms with Crippen LogP contribution < -0.4 is 0 Å². The van der Waals surface area contributed by atoms with Crippen LogP contribution >= 0.6 is 0 Å². The third-order valence-electron chi connectivity index (χ3n) is 6.62. The minimum absolute atomic E-state index is 0.311. The second-order valence-electron chi connectivity index (χ2n) is 9.01. The minimum atomic E-state index is 0.311. The molecule has 0 fully saturated rings. The third-order valence-corrected chi connectivity index (χ3v) is 6.62. The summed E-state index contributed by atoms with van der Waals surface area (Å²) in [5.74, 6) is 1.10. The highest BCUT2D eigenvalue weighted by Crippen LogP contribution is 2.35. The minimum Gasteiger partial charge on any atom is -0.508 e. The highest BCUT2D eigenvalue weighted by atomic mass is 16.3. The van der Waals surface area contributed by atoms with Crippen LogP contribution in [0.25, 0.3) is 0 Å². The number of hydrogen-bond donors (Lipinski definition) is 2. The third kappa shape index (κ3) is 8.24. The van der Waals surface area contributed by atoms with E-state index in [9.17, 15) is 10.2 Å². The molecule has 0 unspecified atom stereocenters. The van der Waals surface area contributed by atoms with Crippen molar-refractivity contribution < 1.29 is 10.2 Å². The number of unbranched alkanes of at least 4 members (excludes halogenated alkanes) is 9. The van der Waals surface area contributed by atoms with Crippen LogP contribution in [0.1, 0.15) is 120 Å². The molecule has 0 radical (unpaired) electrons. The summed E-state index contributed by atoms with van der Waals surface area (Å²) in [6, 6.07) is 12.2. The Morgan fingerprint density at radius 1 is 0.581 bits per heavy atom. The van der Waals surface area contributed by atoms with Crippen LogP contribution in [0, 0.1) is 0 Å². The standard InChI is InChI=1S/C29H44O2/c1-4-7-8-9-10-11-12-13-14-15-16-27(25-17-19-28(30)23(5-2)21-25)26-18-20-29(31)24(6-3)22-26/h17-22,27,30-31H,4-16H2,1-3H3. The molecule has 0 saturated carbocycles. The number of hydrogen-bond acceptors (Lipinski definition) is 2. The highest BCUT2D eigenvalue weighted by Gasteiger charge is 2.17. The first-order chi connectivity index (χ1) is 15.1. The molecular weight excluding hydrogens is 380 g/mol. The maximum atomic E-state index is 10.1. The number of rotatable bonds is 15. The van der Waals surface area contributed by atoms with Crippen molar-refractivity contribution in [3.8, 4) is 11.5 Å². The number of phenols is 2. The van der Waals surface area contributed by atoms with Gasteiger partial charge < -0.3 is 10.2 Å². The van der Waals surface area contributed by atoms with Gasteiger partial charge in [0.2, 0.25) is 0 Å². The molecule has 172 valence electrons. The zero-order valence-electron chi connectivity index (χ0n) is 20.1. The molecule has 0 aromatic heterocycles. The van der Waals surface area contributed by atoms with E-state index in [4.69, 9.17) is 0 Å². The SMILES string of the molecule is CCCCCCCCCCCCC(c1ccc(O)c(CC)c1)c1ccc(O)c(CC)c1. The van der Waals surface area contributed by atoms with Gasteiger partial charge in [-0.15, -0.1) is 0 Å². The summed E-state index contributed by atoms with van der Waals surface area (Å²) < 4.78 is 0. The summed E-state index contributed by atoms with van der Waals surface area (Å²) in [5.41, 5.74) is 4.58. The Labute approximate surface area is 190 Å². The molecule has 2 aromatic carbocycles. The number of aryl methyl sites for hydroxylation is 2. The van der Waals surface area contributed by atoms with Crippen LogP contribution in [-0.4, -0.2) is 10.2 Å². The van der Waals surface area contributed by atoms with Crippen molar-refractivity contribution in [3.05, 3.63) is 58.7 Å². The van der Waals surface area contributed by atoms with Gasteiger partial charge in [0.05, 0.1) is 0 Å². The Morgan fingerprint density at radius 3 is 1.42 bits per heavy atom. The zero-order chi connectivity index (χ0) is 22.5. The quantitative estimate of drug-likeness (QED) is 0.281. The Kier molecular flexibility index (Phi) is 11.6. The molecule has 2 rings (SSSR count). The van der Waals surface area contributed by atoms with Crippen LogP contribution in [0.4, 0.5) is 0 Å². The Bertz CT molecular complexity index is 712. The van der Waals surface area contributed by atoms with E-state index in [1.54, 1.807) is 0 Å². The average molecular weight is 425 g/mol. The van der Waals surface area contributed by atoms with Crippen molar-refractivity contribution in [1.82, 2.24) is 0 Å². The van der Waals surface area contributed by atoms with Crippen LogP contribution in [0.5, 0.6) is 11.5 Å². The lowest BCUT2D eigenvalue weighted by atomic mass is 9.84. The Hall–Kier alpha value is -1.96. The fraction of sp³-hybridized carbons (Fsp3) is 0.586. The van der Waals surface area contributed by atoms with Crippen LogP contribution in [-0.2, 0) is 12.8 Å². The summed E-state index contributed by atoms with van der Waals surface area (Å²) in [5, 5.41) is 20.3. The van der Waals surface area contributed by atoms with Gasteiger partial charge in [0.1, 0.15) is 11.5 Å². The molecule has 0 spiro atoms. The lowest BCUT2D eigenvalue weighted by Crippen LogP contribution is -2.03. The molecule has 0 amide bonds. The summed E-state index contributed by atoms with van der Waals surface area (Å²) in [4.78, 5) is 0. The van der Waals surface area contributed by atoms with E-state index < -0.39 is 0 Å². The summed E-state index contributed by atoms with van der Waals surface area (Å²) in [7, 11) is 0. The maximum absolute atomic E-state index is 10.1. The van der Waals surface area contributed by atoms with Crippen molar-refractivity contribution in [2.75, 3.05) is 0 Å². The van der Waals surface area contributed by atoms with Crippen LogP contribution in [0.3, 0.4) is 0 Å². The van der Waals surface area contributed by atoms with Crippen molar-refractivity contribution in [3.63, 3.8) is 0 Å². The molecule has 0 atom stereocenters. The molecule has 0 saturated heterocycles. The van der Waals surface area contributed by atoms with Crippen LogP contribution in [0.15, 0.2) is 36.4 Å². The second kappa shape index (κ2) is 14.2. The molecule has 31 heavy (non-hydrogen) atoms. The van der Waals surface area contributed by atoms with E-state index in [0.717, 1.165) is 30.4 Å². The lowest BCUT2D eigenvalue weighted by molar-refractivity contribution is 0.468. The van der Waals surface area contributed by atoms with Gasteiger partial charge in [0.25, 0.3) is 0 Å². The number of benzene rings is 2. The molecule has 2 N–H and O–H groups in total. The van der Waals surface area contributed by atoms with E-state index in [0.29, 0.717) is 17.4 Å². The van der Waals surface area contributed by atoms with E-state index in [1.165, 1.54) is 75.3 Å². The van der Waals surface area contributed by atoms with Crippen molar-refractivity contribution in [2.45, 2.75) is 110 Å². The first kappa shape index (κ1) is 25.3. The highest BCUT2D eigenvalue weighted by molar-refractivity contribution is 5.44. The summed E-state index contributed by atoms with van der Waals surface area (Å²) in [6.07, 6.45) is 16.2. The summed E-state index contributed by atoms with van der Waals surface area (Å²) >= 11 is 0. The van der Waals surface area contributed by atoms with Crippen molar-refractivity contribution >= 4 is 0 Å². The first-order valence-electron chi connectivity index (χ1n) is 12.7. The van der Waals surface area contributed by atoms with Gasteiger partial charge in [-0.2, -0.15) is 0 Å². The Morgan fingerprint density at radius 2 is 1.00 bits per heavy atom. The zero-order valence-corrected chi connectivity index (χ0v) is 20.1. The molecule has 0 aliphatic carbocycles. The largest absolute Gasteiger partial charge is 0.508 e. The van der Waals surface area contributed by atoms with Gasteiger partial charge in [-0.3, -0.25) is 0 Å². The van der Waals surface area contributed by atoms with Gasteiger partial charge in [-0.1, -0.05) is 109 Å². The molecule has 0 heterocycles. The molecule has 2 nitrogen and oxygen atoms in total. The van der Waals surface area contributed by atoms with Gasteiger partial charge in [0.15, 0.2) is 0 Å². The monoisotopic (exact) mass is 424 g/mol. The number of aromatic hydroxyl groups is 2. The maximum Gasteiger partial charge on any atom is 0.118 e. The molecule has 2 aromatic rings. The molecule has 2 heteroatoms. The average Bonchev–Trinajstić information content (AvgIpc) is 2.79. The second-order valence-corrected chi connectivity index (χ2v) is 9.01. The topological polar surface area (TPSA) is 40.5 Å².